The number of nitrogens with one attached hydrogen (secondary N) is 1. The van der Waals surface area contributed by atoms with E-state index in [1.54, 1.807) is 33.7 Å². The summed E-state index contributed by atoms with van der Waals surface area (Å²) in [5, 5.41) is 8.89. The largest absolute Gasteiger partial charge is 0.356 e. The zero-order chi connectivity index (χ0) is 25.7. The molecule has 5 rings (SSSR count). The van der Waals surface area contributed by atoms with Crippen molar-refractivity contribution in [2.45, 2.75) is 52.7 Å². The van der Waals surface area contributed by atoms with Gasteiger partial charge in [0.15, 0.2) is 5.58 Å². The predicted octanol–water partition coefficient (Wildman–Crippen LogP) is 5.40. The minimum absolute atomic E-state index is 0.0221. The van der Waals surface area contributed by atoms with E-state index < -0.39 is 0 Å². The molecule has 2 aromatic carbocycles. The Hall–Kier alpha value is -3.36. The number of nitrogens with zero attached hydrogens (tertiary/aromatic N) is 4. The topological polar surface area (TPSA) is 93.3 Å². The van der Waals surface area contributed by atoms with Crippen LogP contribution in [0.1, 0.15) is 48.1 Å². The highest BCUT2D eigenvalue weighted by molar-refractivity contribution is 6.42. The molecule has 1 aliphatic rings. The molecule has 0 unspecified atom stereocenters. The highest BCUT2D eigenvalue weighted by Crippen LogP contribution is 2.28. The van der Waals surface area contributed by atoms with E-state index in [2.05, 4.69) is 10.5 Å². The molecular formula is C26H25Cl2N5O3. The summed E-state index contributed by atoms with van der Waals surface area (Å²) < 4.78 is 7.00. The van der Waals surface area contributed by atoms with Crippen LogP contribution in [0.5, 0.6) is 0 Å². The SMILES string of the molecule is Cc1noc2cc(-n3c(NC(C)C)nc4c(c3=O)C[C@@H](C)N(C(=O)c3ccc(Cl)c(Cl)c3)C4)ccc12. The summed E-state index contributed by atoms with van der Waals surface area (Å²) in [5.41, 5.74) is 3.43. The molecule has 2 aromatic heterocycles. The molecule has 0 bridgehead atoms. The summed E-state index contributed by atoms with van der Waals surface area (Å²) in [6, 6.07) is 10.2. The van der Waals surface area contributed by atoms with Crippen molar-refractivity contribution in [1.29, 1.82) is 0 Å². The van der Waals surface area contributed by atoms with Crippen LogP contribution >= 0.6 is 23.2 Å². The first kappa shape index (κ1) is 24.3. The lowest BCUT2D eigenvalue weighted by atomic mass is 9.98. The van der Waals surface area contributed by atoms with Gasteiger partial charge < -0.3 is 14.7 Å². The molecule has 8 nitrogen and oxygen atoms in total. The molecule has 1 amide bonds. The third kappa shape index (κ3) is 4.24. The second-order valence-electron chi connectivity index (χ2n) is 9.36. The molecule has 1 N–H and O–H groups in total. The minimum atomic E-state index is -0.217. The fourth-order valence-electron chi connectivity index (χ4n) is 4.51. The van der Waals surface area contributed by atoms with E-state index in [0.717, 1.165) is 11.1 Å². The van der Waals surface area contributed by atoms with E-state index >= 15 is 0 Å². The van der Waals surface area contributed by atoms with Crippen LogP contribution in [0.3, 0.4) is 0 Å². The van der Waals surface area contributed by atoms with Crippen LogP contribution in [0.15, 0.2) is 45.7 Å². The third-order valence-electron chi connectivity index (χ3n) is 6.35. The maximum atomic E-state index is 13.8. The van der Waals surface area contributed by atoms with E-state index in [-0.39, 0.29) is 30.1 Å². The average molecular weight is 526 g/mol. The highest BCUT2D eigenvalue weighted by Gasteiger charge is 2.32. The molecule has 0 fully saturated rings. The molecule has 3 heterocycles. The molecule has 1 atom stereocenters. The summed E-state index contributed by atoms with van der Waals surface area (Å²) in [6.07, 6.45) is 0.375. The van der Waals surface area contributed by atoms with Gasteiger partial charge in [0.2, 0.25) is 5.95 Å². The standard InChI is InChI=1S/C26H25Cl2N5O3/c1-13(2)29-26-30-22-12-32(24(34)16-5-8-20(27)21(28)10-16)14(3)9-19(22)25(35)33(26)17-6-7-18-15(4)31-36-23(18)11-17/h5-8,10-11,13-14H,9,12H2,1-4H3,(H,29,30)/t14-/m1/s1. The van der Waals surface area contributed by atoms with Gasteiger partial charge >= 0.3 is 0 Å². The lowest BCUT2D eigenvalue weighted by Crippen LogP contribution is -2.46. The first-order valence-electron chi connectivity index (χ1n) is 11.7. The Balaban J connectivity index is 1.59. The van der Waals surface area contributed by atoms with Crippen LogP contribution in [-0.2, 0) is 13.0 Å². The van der Waals surface area contributed by atoms with E-state index in [1.165, 1.54) is 0 Å². The van der Waals surface area contributed by atoms with Crippen LogP contribution in [0.25, 0.3) is 16.7 Å². The molecule has 0 radical (unpaired) electrons. The number of benzene rings is 2. The Kier molecular flexibility index (Phi) is 6.26. The number of halogens is 2. The zero-order valence-electron chi connectivity index (χ0n) is 20.3. The summed E-state index contributed by atoms with van der Waals surface area (Å²) in [5.74, 6) is 0.211. The number of anilines is 1. The number of amides is 1. The van der Waals surface area contributed by atoms with Crippen molar-refractivity contribution in [3.8, 4) is 5.69 Å². The van der Waals surface area contributed by atoms with Gasteiger partial charge in [-0.15, -0.1) is 0 Å². The Morgan fingerprint density at radius 3 is 2.67 bits per heavy atom. The number of aryl methyl sites for hydroxylation is 1. The monoisotopic (exact) mass is 525 g/mol. The van der Waals surface area contributed by atoms with E-state index in [1.807, 2.05) is 39.8 Å². The van der Waals surface area contributed by atoms with Gasteiger partial charge in [-0.3, -0.25) is 9.59 Å². The van der Waals surface area contributed by atoms with E-state index in [9.17, 15) is 9.59 Å². The molecule has 10 heteroatoms. The first-order valence-corrected chi connectivity index (χ1v) is 12.4. The Labute approximate surface area is 217 Å². The second-order valence-corrected chi connectivity index (χ2v) is 10.2. The Bertz CT molecular complexity index is 1560. The van der Waals surface area contributed by atoms with Crippen molar-refractivity contribution in [2.24, 2.45) is 0 Å². The Morgan fingerprint density at radius 2 is 1.94 bits per heavy atom. The van der Waals surface area contributed by atoms with Gasteiger partial charge in [-0.1, -0.05) is 28.4 Å². The van der Waals surface area contributed by atoms with Gasteiger partial charge in [0.25, 0.3) is 11.5 Å². The Morgan fingerprint density at radius 1 is 1.17 bits per heavy atom. The number of fused-ring (bicyclic) bond motifs is 2. The molecule has 0 aliphatic carbocycles. The molecule has 36 heavy (non-hydrogen) atoms. The molecule has 4 aromatic rings. The minimum Gasteiger partial charge on any atom is -0.356 e. The third-order valence-corrected chi connectivity index (χ3v) is 7.09. The molecule has 0 spiro atoms. The number of hydrogen-bond donors (Lipinski definition) is 1. The average Bonchev–Trinajstić information content (AvgIpc) is 3.20. The van der Waals surface area contributed by atoms with Crippen molar-refractivity contribution in [2.75, 3.05) is 5.32 Å². The van der Waals surface area contributed by atoms with Crippen molar-refractivity contribution in [1.82, 2.24) is 19.6 Å². The predicted molar refractivity (Wildman–Crippen MR) is 140 cm³/mol. The summed E-state index contributed by atoms with van der Waals surface area (Å²) in [4.78, 5) is 33.7. The van der Waals surface area contributed by atoms with Gasteiger partial charge in [-0.2, -0.15) is 0 Å². The smallest absolute Gasteiger partial charge is 0.263 e. The number of hydrogen-bond acceptors (Lipinski definition) is 6. The summed E-state index contributed by atoms with van der Waals surface area (Å²) >= 11 is 12.2. The van der Waals surface area contributed by atoms with E-state index in [0.29, 0.717) is 50.5 Å². The van der Waals surface area contributed by atoms with Crippen LogP contribution in [0, 0.1) is 6.92 Å². The lowest BCUT2D eigenvalue weighted by molar-refractivity contribution is 0.0653. The van der Waals surface area contributed by atoms with Gasteiger partial charge in [-0.25, -0.2) is 9.55 Å². The van der Waals surface area contributed by atoms with Gasteiger partial charge in [-0.05, 0) is 64.4 Å². The maximum absolute atomic E-state index is 13.8. The van der Waals surface area contributed by atoms with Crippen LogP contribution in [0.4, 0.5) is 5.95 Å². The second kappa shape index (κ2) is 9.26. The quantitative estimate of drug-likeness (QED) is 0.383. The molecular weight excluding hydrogens is 501 g/mol. The normalized spacial score (nSPS) is 15.4. The number of carbonyl (C=O) groups excluding carboxylic acids is 1. The lowest BCUT2D eigenvalue weighted by Gasteiger charge is -2.34. The molecule has 186 valence electrons. The van der Waals surface area contributed by atoms with Gasteiger partial charge in [0.05, 0.1) is 33.7 Å². The first-order chi connectivity index (χ1) is 17.1. The van der Waals surface area contributed by atoms with E-state index in [4.69, 9.17) is 32.7 Å². The van der Waals surface area contributed by atoms with Crippen LogP contribution in [-0.4, -0.2) is 37.6 Å². The zero-order valence-corrected chi connectivity index (χ0v) is 21.8. The molecule has 0 saturated carbocycles. The summed E-state index contributed by atoms with van der Waals surface area (Å²) in [7, 11) is 0. The van der Waals surface area contributed by atoms with Crippen LogP contribution in [0.2, 0.25) is 10.0 Å². The molecule has 0 saturated heterocycles. The fourth-order valence-corrected chi connectivity index (χ4v) is 4.81. The molecule has 1 aliphatic heterocycles. The van der Waals surface area contributed by atoms with Crippen molar-refractivity contribution >= 4 is 46.0 Å². The highest BCUT2D eigenvalue weighted by atomic mass is 35.5. The van der Waals surface area contributed by atoms with Crippen molar-refractivity contribution in [3.63, 3.8) is 0 Å². The fraction of sp³-hybridized carbons (Fsp3) is 0.308. The van der Waals surface area contributed by atoms with Gasteiger partial charge in [0, 0.05) is 34.7 Å². The van der Waals surface area contributed by atoms with Crippen molar-refractivity contribution < 1.29 is 9.32 Å². The van der Waals surface area contributed by atoms with Crippen LogP contribution < -0.4 is 10.9 Å². The maximum Gasteiger partial charge on any atom is 0.263 e. The number of carbonyl (C=O) groups is 1. The number of aromatic nitrogens is 3. The number of rotatable bonds is 4. The summed E-state index contributed by atoms with van der Waals surface area (Å²) in [6.45, 7) is 7.95. The van der Waals surface area contributed by atoms with Crippen molar-refractivity contribution in [3.05, 3.63) is 79.3 Å². The van der Waals surface area contributed by atoms with Gasteiger partial charge in [0.1, 0.15) is 0 Å².